The highest BCUT2D eigenvalue weighted by molar-refractivity contribution is 14.1. The predicted molar refractivity (Wildman–Crippen MR) is 129 cm³/mol. The normalized spacial score (nSPS) is 11.9. The molecule has 0 fully saturated rings. The molecular weight excluding hydrogens is 535 g/mol. The molecule has 3 rings (SSSR count). The average molecular weight is 557 g/mol. The van der Waals surface area contributed by atoms with E-state index in [9.17, 15) is 4.79 Å². The summed E-state index contributed by atoms with van der Waals surface area (Å²) in [4.78, 5) is 12.5. The molecule has 0 saturated heterocycles. The van der Waals surface area contributed by atoms with E-state index in [4.69, 9.17) is 16.3 Å². The minimum Gasteiger partial charge on any atom is -0.481 e. The number of amides is 1. The Kier molecular flexibility index (Phi) is 7.65. The molecule has 158 valence electrons. The van der Waals surface area contributed by atoms with Crippen molar-refractivity contribution >= 4 is 57.5 Å². The van der Waals surface area contributed by atoms with Gasteiger partial charge in [-0.3, -0.25) is 4.79 Å². The fourth-order valence-corrected chi connectivity index (χ4v) is 4.84. The van der Waals surface area contributed by atoms with Crippen LogP contribution in [0.5, 0.6) is 5.75 Å². The Labute approximate surface area is 198 Å². The number of hydrogen-bond acceptors (Lipinski definition) is 5. The molecule has 0 bridgehead atoms. The Bertz CT molecular complexity index is 1050. The lowest BCUT2D eigenvalue weighted by molar-refractivity contribution is -0.113. The summed E-state index contributed by atoms with van der Waals surface area (Å²) in [5.74, 6) is 1.39. The van der Waals surface area contributed by atoms with E-state index in [1.54, 1.807) is 6.07 Å². The molecular formula is C21H22ClIN4O2S. The van der Waals surface area contributed by atoms with Crippen LogP contribution < -0.4 is 10.1 Å². The van der Waals surface area contributed by atoms with Crippen molar-refractivity contribution in [2.75, 3.05) is 11.1 Å². The lowest BCUT2D eigenvalue weighted by atomic mass is 10.1. The SMILES string of the molecule is Cc1cc(I)cc(C)c1NC(=O)CSc1nnc([C@@H](C)Oc2ccccc2Cl)n1C. The van der Waals surface area contributed by atoms with Crippen molar-refractivity contribution in [3.8, 4) is 5.75 Å². The summed E-state index contributed by atoms with van der Waals surface area (Å²) >= 11 is 9.77. The van der Waals surface area contributed by atoms with Crippen molar-refractivity contribution in [3.05, 3.63) is 61.9 Å². The summed E-state index contributed by atoms with van der Waals surface area (Å²) in [7, 11) is 1.86. The van der Waals surface area contributed by atoms with Crippen LogP contribution in [0, 0.1) is 17.4 Å². The third-order valence-electron chi connectivity index (χ3n) is 4.47. The summed E-state index contributed by atoms with van der Waals surface area (Å²) in [6.07, 6.45) is -0.345. The quantitative estimate of drug-likeness (QED) is 0.305. The lowest BCUT2D eigenvalue weighted by Gasteiger charge is -2.15. The molecule has 0 unspecified atom stereocenters. The molecule has 1 heterocycles. The number of benzene rings is 2. The number of anilines is 1. The second-order valence-corrected chi connectivity index (χ2v) is 9.44. The molecule has 9 heteroatoms. The summed E-state index contributed by atoms with van der Waals surface area (Å²) < 4.78 is 8.90. The van der Waals surface area contributed by atoms with Crippen LogP contribution in [0.25, 0.3) is 0 Å². The molecule has 1 aromatic heterocycles. The van der Waals surface area contributed by atoms with Crippen LogP contribution in [0.1, 0.15) is 30.0 Å². The predicted octanol–water partition coefficient (Wildman–Crippen LogP) is 5.56. The molecule has 0 radical (unpaired) electrons. The van der Waals surface area contributed by atoms with Gasteiger partial charge in [-0.05, 0) is 78.8 Å². The van der Waals surface area contributed by atoms with Crippen LogP contribution in [-0.2, 0) is 11.8 Å². The molecule has 0 saturated carbocycles. The van der Waals surface area contributed by atoms with E-state index < -0.39 is 0 Å². The van der Waals surface area contributed by atoms with Crippen LogP contribution in [0.15, 0.2) is 41.6 Å². The number of carbonyl (C=O) groups is 1. The minimum atomic E-state index is -0.345. The Hall–Kier alpha value is -1.78. The third kappa shape index (κ3) is 5.47. The molecule has 30 heavy (non-hydrogen) atoms. The molecule has 0 spiro atoms. The van der Waals surface area contributed by atoms with Gasteiger partial charge in [0, 0.05) is 16.3 Å². The number of nitrogens with zero attached hydrogens (tertiary/aromatic N) is 3. The van der Waals surface area contributed by atoms with Crippen molar-refractivity contribution in [1.82, 2.24) is 14.8 Å². The second-order valence-electron chi connectivity index (χ2n) is 6.84. The number of carbonyl (C=O) groups excluding carboxylic acids is 1. The molecule has 1 N–H and O–H groups in total. The van der Waals surface area contributed by atoms with Gasteiger partial charge >= 0.3 is 0 Å². The summed E-state index contributed by atoms with van der Waals surface area (Å²) in [5, 5.41) is 12.6. The first-order valence-electron chi connectivity index (χ1n) is 9.26. The van der Waals surface area contributed by atoms with E-state index in [1.807, 2.05) is 62.7 Å². The molecule has 3 aromatic rings. The smallest absolute Gasteiger partial charge is 0.234 e. The first kappa shape index (κ1) is 22.9. The first-order chi connectivity index (χ1) is 14.3. The molecule has 6 nitrogen and oxygen atoms in total. The first-order valence-corrected chi connectivity index (χ1v) is 11.7. The number of halogens is 2. The minimum absolute atomic E-state index is 0.0858. The van der Waals surface area contributed by atoms with Crippen LogP contribution >= 0.6 is 46.0 Å². The third-order valence-corrected chi connectivity index (χ3v) is 6.42. The Morgan fingerprint density at radius 1 is 1.27 bits per heavy atom. The standard InChI is InChI=1S/C21H22ClIN4O2S/c1-12-9-15(23)10-13(2)19(12)24-18(28)11-30-21-26-25-20(27(21)4)14(3)29-17-8-6-5-7-16(17)22/h5-10,14H,11H2,1-4H3,(H,24,28)/t14-/m1/s1. The highest BCUT2D eigenvalue weighted by atomic mass is 127. The summed E-state index contributed by atoms with van der Waals surface area (Å²) in [5.41, 5.74) is 2.95. The van der Waals surface area contributed by atoms with E-state index in [0.717, 1.165) is 20.4 Å². The average Bonchev–Trinajstić information content (AvgIpc) is 3.05. The molecule has 0 aliphatic carbocycles. The largest absolute Gasteiger partial charge is 0.481 e. The Morgan fingerprint density at radius 3 is 2.60 bits per heavy atom. The number of ether oxygens (including phenoxy) is 1. The number of hydrogen-bond donors (Lipinski definition) is 1. The number of thioether (sulfide) groups is 1. The zero-order chi connectivity index (χ0) is 21.8. The van der Waals surface area contributed by atoms with Gasteiger partial charge in [0.15, 0.2) is 17.1 Å². The highest BCUT2D eigenvalue weighted by Crippen LogP contribution is 2.29. The Balaban J connectivity index is 1.62. The topological polar surface area (TPSA) is 69.0 Å². The number of aromatic nitrogens is 3. The van der Waals surface area contributed by atoms with Crippen LogP contribution in [0.3, 0.4) is 0 Å². The van der Waals surface area contributed by atoms with Gasteiger partial charge in [-0.2, -0.15) is 0 Å². The van der Waals surface area contributed by atoms with Gasteiger partial charge in [0.25, 0.3) is 0 Å². The van der Waals surface area contributed by atoms with E-state index in [-0.39, 0.29) is 17.8 Å². The van der Waals surface area contributed by atoms with Gasteiger partial charge in [-0.15, -0.1) is 10.2 Å². The van der Waals surface area contributed by atoms with E-state index in [2.05, 4.69) is 38.1 Å². The molecule has 1 amide bonds. The lowest BCUT2D eigenvalue weighted by Crippen LogP contribution is -2.16. The van der Waals surface area contributed by atoms with Gasteiger partial charge in [-0.1, -0.05) is 35.5 Å². The van der Waals surface area contributed by atoms with Crippen molar-refractivity contribution in [2.24, 2.45) is 7.05 Å². The molecule has 0 aliphatic heterocycles. The molecule has 0 aliphatic rings. The highest BCUT2D eigenvalue weighted by Gasteiger charge is 2.19. The fraction of sp³-hybridized carbons (Fsp3) is 0.286. The molecule has 1 atom stereocenters. The molecule has 2 aromatic carbocycles. The van der Waals surface area contributed by atoms with Crippen LogP contribution in [0.4, 0.5) is 5.69 Å². The van der Waals surface area contributed by atoms with Crippen LogP contribution in [0.2, 0.25) is 5.02 Å². The van der Waals surface area contributed by atoms with Crippen molar-refractivity contribution in [3.63, 3.8) is 0 Å². The maximum atomic E-state index is 12.5. The van der Waals surface area contributed by atoms with Gasteiger partial charge in [0.1, 0.15) is 5.75 Å². The van der Waals surface area contributed by atoms with Crippen molar-refractivity contribution < 1.29 is 9.53 Å². The van der Waals surface area contributed by atoms with E-state index in [0.29, 0.717) is 21.8 Å². The maximum absolute atomic E-state index is 12.5. The van der Waals surface area contributed by atoms with E-state index >= 15 is 0 Å². The van der Waals surface area contributed by atoms with Gasteiger partial charge in [0.2, 0.25) is 5.91 Å². The van der Waals surface area contributed by atoms with Gasteiger partial charge < -0.3 is 14.6 Å². The monoisotopic (exact) mass is 556 g/mol. The number of aryl methyl sites for hydroxylation is 2. The van der Waals surface area contributed by atoms with Crippen molar-refractivity contribution in [2.45, 2.75) is 32.0 Å². The van der Waals surface area contributed by atoms with E-state index in [1.165, 1.54) is 11.8 Å². The summed E-state index contributed by atoms with van der Waals surface area (Å²) in [6.45, 7) is 5.87. The zero-order valence-electron chi connectivity index (χ0n) is 17.1. The Morgan fingerprint density at radius 2 is 1.93 bits per heavy atom. The van der Waals surface area contributed by atoms with Gasteiger partial charge in [-0.25, -0.2) is 0 Å². The van der Waals surface area contributed by atoms with Crippen molar-refractivity contribution in [1.29, 1.82) is 0 Å². The fourth-order valence-electron chi connectivity index (χ4n) is 3.00. The number of nitrogens with one attached hydrogen (secondary N) is 1. The maximum Gasteiger partial charge on any atom is 0.234 e. The van der Waals surface area contributed by atoms with Gasteiger partial charge in [0.05, 0.1) is 10.8 Å². The second kappa shape index (κ2) is 10.0. The van der Waals surface area contributed by atoms with Crippen LogP contribution in [-0.4, -0.2) is 26.4 Å². The number of rotatable bonds is 7. The zero-order valence-corrected chi connectivity index (χ0v) is 20.8. The summed E-state index contributed by atoms with van der Waals surface area (Å²) in [6, 6.07) is 11.4. The number of para-hydroxylation sites is 1.